The van der Waals surface area contributed by atoms with E-state index < -0.39 is 0 Å². The van der Waals surface area contributed by atoms with Gasteiger partial charge in [-0.05, 0) is 36.6 Å². The average molecular weight is 303 g/mol. The fourth-order valence-corrected chi connectivity index (χ4v) is 2.09. The predicted octanol–water partition coefficient (Wildman–Crippen LogP) is 1.87. The fraction of sp³-hybridized carbons (Fsp3) is 0.500. The number of benzene rings is 1. The Balaban J connectivity index is 2.73. The summed E-state index contributed by atoms with van der Waals surface area (Å²) in [4.78, 5) is 0. The van der Waals surface area contributed by atoms with Crippen LogP contribution in [0.1, 0.15) is 12.0 Å². The molecule has 0 fully saturated rings. The molecule has 96 valence electrons. The predicted molar refractivity (Wildman–Crippen MR) is 72.0 cm³/mol. The van der Waals surface area contributed by atoms with E-state index in [1.807, 2.05) is 12.1 Å². The third-order valence-electron chi connectivity index (χ3n) is 2.61. The summed E-state index contributed by atoms with van der Waals surface area (Å²) in [6.45, 7) is 0.686. The highest BCUT2D eigenvalue weighted by Gasteiger charge is 2.11. The van der Waals surface area contributed by atoms with E-state index in [-0.39, 0.29) is 6.04 Å². The SMILES string of the molecule is COCCC(Cc1cc(Br)ccc1OC)NN. The van der Waals surface area contributed by atoms with E-state index in [1.165, 1.54) is 0 Å². The molecule has 0 saturated heterocycles. The maximum Gasteiger partial charge on any atom is 0.122 e. The Morgan fingerprint density at radius 3 is 2.76 bits per heavy atom. The van der Waals surface area contributed by atoms with Gasteiger partial charge in [0.25, 0.3) is 0 Å². The Bertz CT molecular complexity index is 347. The molecule has 0 saturated carbocycles. The number of ether oxygens (including phenoxy) is 2. The van der Waals surface area contributed by atoms with Crippen molar-refractivity contribution < 1.29 is 9.47 Å². The van der Waals surface area contributed by atoms with E-state index in [9.17, 15) is 0 Å². The molecule has 1 atom stereocenters. The first-order valence-electron chi connectivity index (χ1n) is 5.48. The second kappa shape index (κ2) is 7.66. The average Bonchev–Trinajstić information content (AvgIpc) is 2.34. The van der Waals surface area contributed by atoms with Crippen molar-refractivity contribution in [1.29, 1.82) is 0 Å². The third kappa shape index (κ3) is 4.63. The van der Waals surface area contributed by atoms with Crippen LogP contribution in [0.25, 0.3) is 0 Å². The van der Waals surface area contributed by atoms with Gasteiger partial charge in [-0.3, -0.25) is 11.3 Å². The first-order chi connectivity index (χ1) is 8.21. The highest BCUT2D eigenvalue weighted by molar-refractivity contribution is 9.10. The molecular formula is C12H19BrN2O2. The molecule has 3 N–H and O–H groups in total. The van der Waals surface area contributed by atoms with E-state index in [0.29, 0.717) is 6.61 Å². The smallest absolute Gasteiger partial charge is 0.122 e. The second-order valence-electron chi connectivity index (χ2n) is 3.81. The number of methoxy groups -OCH3 is 2. The molecule has 17 heavy (non-hydrogen) atoms. The number of hydrogen-bond acceptors (Lipinski definition) is 4. The van der Waals surface area contributed by atoms with Gasteiger partial charge in [0.15, 0.2) is 0 Å². The summed E-state index contributed by atoms with van der Waals surface area (Å²) >= 11 is 3.46. The summed E-state index contributed by atoms with van der Waals surface area (Å²) in [5.41, 5.74) is 3.93. The molecule has 0 amide bonds. The van der Waals surface area contributed by atoms with Crippen molar-refractivity contribution in [2.45, 2.75) is 18.9 Å². The van der Waals surface area contributed by atoms with Gasteiger partial charge in [-0.1, -0.05) is 15.9 Å². The van der Waals surface area contributed by atoms with Gasteiger partial charge in [0.1, 0.15) is 5.75 Å². The summed E-state index contributed by atoms with van der Waals surface area (Å²) in [6.07, 6.45) is 1.67. The summed E-state index contributed by atoms with van der Waals surface area (Å²) < 4.78 is 11.4. The number of nitrogens with two attached hydrogens (primary N) is 1. The maximum absolute atomic E-state index is 5.53. The van der Waals surface area contributed by atoms with E-state index in [2.05, 4.69) is 27.4 Å². The highest BCUT2D eigenvalue weighted by atomic mass is 79.9. The van der Waals surface area contributed by atoms with Crippen LogP contribution in [0.5, 0.6) is 5.75 Å². The first kappa shape index (κ1) is 14.4. The zero-order valence-electron chi connectivity index (χ0n) is 10.2. The lowest BCUT2D eigenvalue weighted by Gasteiger charge is -2.17. The lowest BCUT2D eigenvalue weighted by Crippen LogP contribution is -2.37. The van der Waals surface area contributed by atoms with E-state index >= 15 is 0 Å². The molecule has 4 nitrogen and oxygen atoms in total. The molecule has 0 aliphatic carbocycles. The van der Waals surface area contributed by atoms with Gasteiger partial charge >= 0.3 is 0 Å². The first-order valence-corrected chi connectivity index (χ1v) is 6.28. The lowest BCUT2D eigenvalue weighted by molar-refractivity contribution is 0.182. The van der Waals surface area contributed by atoms with Crippen LogP contribution in [0.4, 0.5) is 0 Å². The zero-order valence-corrected chi connectivity index (χ0v) is 11.8. The number of hydrazine groups is 1. The minimum Gasteiger partial charge on any atom is -0.496 e. The highest BCUT2D eigenvalue weighted by Crippen LogP contribution is 2.24. The summed E-state index contributed by atoms with van der Waals surface area (Å²) in [5, 5.41) is 0. The van der Waals surface area contributed by atoms with Crippen molar-refractivity contribution in [1.82, 2.24) is 5.43 Å². The maximum atomic E-state index is 5.53. The quantitative estimate of drug-likeness (QED) is 0.596. The van der Waals surface area contributed by atoms with E-state index in [4.69, 9.17) is 15.3 Å². The Morgan fingerprint density at radius 2 is 2.18 bits per heavy atom. The topological polar surface area (TPSA) is 56.5 Å². The van der Waals surface area contributed by atoms with Crippen LogP contribution in [0.3, 0.4) is 0 Å². The van der Waals surface area contributed by atoms with Gasteiger partial charge in [0.2, 0.25) is 0 Å². The number of nitrogens with one attached hydrogen (secondary N) is 1. The molecular weight excluding hydrogens is 284 g/mol. The number of hydrogen-bond donors (Lipinski definition) is 2. The standard InChI is InChI=1S/C12H19BrN2O2/c1-16-6-5-11(15-14)8-9-7-10(13)3-4-12(9)17-2/h3-4,7,11,15H,5-6,8,14H2,1-2H3. The molecule has 1 aromatic carbocycles. The number of rotatable bonds is 7. The molecule has 1 unspecified atom stereocenters. The van der Waals surface area contributed by atoms with Crippen molar-refractivity contribution in [3.05, 3.63) is 28.2 Å². The van der Waals surface area contributed by atoms with Crippen LogP contribution in [-0.4, -0.2) is 26.9 Å². The van der Waals surface area contributed by atoms with Gasteiger partial charge in [0.05, 0.1) is 7.11 Å². The Morgan fingerprint density at radius 1 is 1.41 bits per heavy atom. The van der Waals surface area contributed by atoms with Crippen LogP contribution in [0.15, 0.2) is 22.7 Å². The summed E-state index contributed by atoms with van der Waals surface area (Å²) in [6, 6.07) is 6.14. The van der Waals surface area contributed by atoms with Gasteiger partial charge in [0, 0.05) is 24.2 Å². The molecule has 1 aromatic rings. The lowest BCUT2D eigenvalue weighted by atomic mass is 10.0. The van der Waals surface area contributed by atoms with Gasteiger partial charge in [-0.15, -0.1) is 0 Å². The van der Waals surface area contributed by atoms with E-state index in [1.54, 1.807) is 14.2 Å². The van der Waals surface area contributed by atoms with Crippen LogP contribution in [0.2, 0.25) is 0 Å². The Labute approximate surface area is 111 Å². The normalized spacial score (nSPS) is 12.5. The van der Waals surface area contributed by atoms with Crippen LogP contribution in [-0.2, 0) is 11.2 Å². The minimum atomic E-state index is 0.179. The molecule has 0 heterocycles. The molecule has 0 aliphatic rings. The summed E-state index contributed by atoms with van der Waals surface area (Å²) in [5.74, 6) is 6.41. The van der Waals surface area contributed by atoms with Crippen LogP contribution in [0, 0.1) is 0 Å². The van der Waals surface area contributed by atoms with Crippen LogP contribution < -0.4 is 16.0 Å². The fourth-order valence-electron chi connectivity index (χ4n) is 1.68. The van der Waals surface area contributed by atoms with Gasteiger partial charge in [-0.2, -0.15) is 0 Å². The zero-order chi connectivity index (χ0) is 12.7. The molecule has 0 radical (unpaired) electrons. The Kier molecular flexibility index (Phi) is 6.50. The second-order valence-corrected chi connectivity index (χ2v) is 4.72. The third-order valence-corrected chi connectivity index (χ3v) is 3.11. The van der Waals surface area contributed by atoms with Crippen LogP contribution >= 0.6 is 15.9 Å². The Hall–Kier alpha value is -0.620. The molecule has 5 heteroatoms. The largest absolute Gasteiger partial charge is 0.496 e. The molecule has 0 spiro atoms. The summed E-state index contributed by atoms with van der Waals surface area (Å²) in [7, 11) is 3.36. The number of halogens is 1. The molecule has 0 aliphatic heterocycles. The van der Waals surface area contributed by atoms with Crippen molar-refractivity contribution in [3.8, 4) is 5.75 Å². The molecule has 0 bridgehead atoms. The van der Waals surface area contributed by atoms with Gasteiger partial charge in [-0.25, -0.2) is 0 Å². The van der Waals surface area contributed by atoms with Crippen molar-refractivity contribution >= 4 is 15.9 Å². The van der Waals surface area contributed by atoms with Crippen molar-refractivity contribution in [2.24, 2.45) is 5.84 Å². The van der Waals surface area contributed by atoms with Crippen molar-refractivity contribution in [3.63, 3.8) is 0 Å². The molecule has 1 rings (SSSR count). The van der Waals surface area contributed by atoms with Gasteiger partial charge < -0.3 is 9.47 Å². The monoisotopic (exact) mass is 302 g/mol. The molecule has 0 aromatic heterocycles. The minimum absolute atomic E-state index is 0.179. The van der Waals surface area contributed by atoms with Crippen molar-refractivity contribution in [2.75, 3.05) is 20.8 Å². The van der Waals surface area contributed by atoms with E-state index in [0.717, 1.165) is 28.6 Å².